The lowest BCUT2D eigenvalue weighted by Gasteiger charge is -2.23. The Balaban J connectivity index is 1.70. The van der Waals surface area contributed by atoms with Crippen LogP contribution in [0.3, 0.4) is 0 Å². The van der Waals surface area contributed by atoms with Gasteiger partial charge in [0.1, 0.15) is 11.6 Å². The Morgan fingerprint density at radius 3 is 2.83 bits per heavy atom. The fourth-order valence-corrected chi connectivity index (χ4v) is 3.31. The number of hydrogen-bond acceptors (Lipinski definition) is 2. The van der Waals surface area contributed by atoms with E-state index in [4.69, 9.17) is 11.6 Å². The summed E-state index contributed by atoms with van der Waals surface area (Å²) in [6, 6.07) is 6.51. The van der Waals surface area contributed by atoms with Gasteiger partial charge in [0.2, 0.25) is 5.91 Å². The number of hydrogen-bond donors (Lipinski definition) is 1. The molecule has 1 fully saturated rings. The Hall–Kier alpha value is -1.88. The van der Waals surface area contributed by atoms with E-state index in [9.17, 15) is 9.18 Å². The molecule has 23 heavy (non-hydrogen) atoms. The van der Waals surface area contributed by atoms with Crippen LogP contribution in [0.4, 0.5) is 10.2 Å². The molecule has 1 amide bonds. The molecule has 0 atom stereocenters. The second kappa shape index (κ2) is 7.13. The van der Waals surface area contributed by atoms with E-state index in [1.807, 2.05) is 4.68 Å². The van der Waals surface area contributed by atoms with Crippen LogP contribution in [0.2, 0.25) is 5.02 Å². The number of amides is 1. The molecule has 0 saturated heterocycles. The SMILES string of the molecule is O=C(Cc1c(F)cccc1Cl)Nc1ccnn1C1CCCCC1. The Bertz CT molecular complexity index is 675. The third kappa shape index (κ3) is 3.72. The van der Waals surface area contributed by atoms with Crippen LogP contribution in [0.25, 0.3) is 0 Å². The minimum atomic E-state index is -0.464. The summed E-state index contributed by atoms with van der Waals surface area (Å²) in [6.45, 7) is 0. The Kier molecular flexibility index (Phi) is 4.96. The molecule has 122 valence electrons. The molecular weight excluding hydrogens is 317 g/mol. The highest BCUT2D eigenvalue weighted by atomic mass is 35.5. The van der Waals surface area contributed by atoms with E-state index in [-0.39, 0.29) is 22.9 Å². The minimum absolute atomic E-state index is 0.0959. The first-order valence-corrected chi connectivity index (χ1v) is 8.29. The predicted molar refractivity (Wildman–Crippen MR) is 88.1 cm³/mol. The second-order valence-electron chi connectivity index (χ2n) is 5.88. The van der Waals surface area contributed by atoms with Crippen LogP contribution in [0.15, 0.2) is 30.5 Å². The Morgan fingerprint density at radius 2 is 2.09 bits per heavy atom. The van der Waals surface area contributed by atoms with Gasteiger partial charge in [-0.25, -0.2) is 9.07 Å². The van der Waals surface area contributed by atoms with Crippen LogP contribution in [0.5, 0.6) is 0 Å². The maximum absolute atomic E-state index is 13.8. The first-order chi connectivity index (χ1) is 11.1. The van der Waals surface area contributed by atoms with Crippen molar-refractivity contribution in [3.63, 3.8) is 0 Å². The third-order valence-corrected chi connectivity index (χ3v) is 4.61. The number of nitrogens with one attached hydrogen (secondary N) is 1. The molecular formula is C17H19ClFN3O. The van der Waals surface area contributed by atoms with Gasteiger partial charge in [-0.15, -0.1) is 0 Å². The maximum Gasteiger partial charge on any atom is 0.230 e. The van der Waals surface area contributed by atoms with Gasteiger partial charge in [0, 0.05) is 16.7 Å². The fraction of sp³-hybridized carbons (Fsp3) is 0.412. The van der Waals surface area contributed by atoms with Crippen LogP contribution in [0, 0.1) is 5.82 Å². The molecule has 1 heterocycles. The van der Waals surface area contributed by atoms with E-state index < -0.39 is 5.82 Å². The summed E-state index contributed by atoms with van der Waals surface area (Å²) in [4.78, 5) is 12.2. The van der Waals surface area contributed by atoms with Gasteiger partial charge in [-0.1, -0.05) is 36.9 Å². The van der Waals surface area contributed by atoms with Gasteiger partial charge in [0.15, 0.2) is 0 Å². The van der Waals surface area contributed by atoms with Crippen molar-refractivity contribution < 1.29 is 9.18 Å². The zero-order valence-electron chi connectivity index (χ0n) is 12.8. The average Bonchev–Trinajstić information content (AvgIpc) is 3.00. The van der Waals surface area contributed by atoms with Crippen molar-refractivity contribution in [1.82, 2.24) is 9.78 Å². The van der Waals surface area contributed by atoms with Crippen LogP contribution in [0.1, 0.15) is 43.7 Å². The summed E-state index contributed by atoms with van der Waals surface area (Å²) >= 11 is 5.97. The van der Waals surface area contributed by atoms with Gasteiger partial charge >= 0.3 is 0 Å². The van der Waals surface area contributed by atoms with Crippen LogP contribution < -0.4 is 5.32 Å². The van der Waals surface area contributed by atoms with Crippen LogP contribution in [-0.2, 0) is 11.2 Å². The molecule has 2 aromatic rings. The van der Waals surface area contributed by atoms with Crippen molar-refractivity contribution in [2.45, 2.75) is 44.6 Å². The van der Waals surface area contributed by atoms with E-state index >= 15 is 0 Å². The summed E-state index contributed by atoms with van der Waals surface area (Å²) in [5, 5.41) is 7.43. The molecule has 1 aliphatic carbocycles. The largest absolute Gasteiger partial charge is 0.311 e. The van der Waals surface area contributed by atoms with E-state index in [0.717, 1.165) is 12.8 Å². The second-order valence-corrected chi connectivity index (χ2v) is 6.29. The number of carbonyl (C=O) groups is 1. The van der Waals surface area contributed by atoms with Crippen LogP contribution in [-0.4, -0.2) is 15.7 Å². The molecule has 6 heteroatoms. The van der Waals surface area contributed by atoms with Crippen molar-refractivity contribution >= 4 is 23.3 Å². The average molecular weight is 336 g/mol. The molecule has 1 aromatic carbocycles. The molecule has 1 saturated carbocycles. The molecule has 0 radical (unpaired) electrons. The van der Waals surface area contributed by atoms with Gasteiger partial charge in [-0.05, 0) is 25.0 Å². The number of nitrogens with zero attached hydrogens (tertiary/aromatic N) is 2. The molecule has 4 nitrogen and oxygen atoms in total. The topological polar surface area (TPSA) is 46.9 Å². The van der Waals surface area contributed by atoms with E-state index in [0.29, 0.717) is 11.9 Å². The third-order valence-electron chi connectivity index (χ3n) is 4.26. The van der Waals surface area contributed by atoms with Gasteiger partial charge in [0.25, 0.3) is 0 Å². The van der Waals surface area contributed by atoms with Gasteiger partial charge in [0.05, 0.1) is 18.7 Å². The van der Waals surface area contributed by atoms with Gasteiger partial charge in [-0.3, -0.25) is 4.79 Å². The summed E-state index contributed by atoms with van der Waals surface area (Å²) in [5.41, 5.74) is 0.218. The monoisotopic (exact) mass is 335 g/mol. The lowest BCUT2D eigenvalue weighted by Crippen LogP contribution is -2.21. The van der Waals surface area contributed by atoms with Gasteiger partial charge in [-0.2, -0.15) is 5.10 Å². The van der Waals surface area contributed by atoms with E-state index in [1.54, 1.807) is 18.3 Å². The number of aromatic nitrogens is 2. The normalized spacial score (nSPS) is 15.6. The summed E-state index contributed by atoms with van der Waals surface area (Å²) in [5.74, 6) is -0.0997. The highest BCUT2D eigenvalue weighted by Crippen LogP contribution is 2.30. The minimum Gasteiger partial charge on any atom is -0.311 e. The zero-order chi connectivity index (χ0) is 16.2. The molecule has 0 unspecified atom stereocenters. The fourth-order valence-electron chi connectivity index (χ4n) is 3.08. The lowest BCUT2D eigenvalue weighted by molar-refractivity contribution is -0.115. The predicted octanol–water partition coefficient (Wildman–Crippen LogP) is 4.36. The highest BCUT2D eigenvalue weighted by Gasteiger charge is 2.20. The number of anilines is 1. The standard InChI is InChI=1S/C17H19ClFN3O/c18-14-7-4-8-15(19)13(14)11-17(23)21-16-9-10-20-22(16)12-5-2-1-3-6-12/h4,7-10,12H,1-3,5-6,11H2,(H,21,23). The number of rotatable bonds is 4. The van der Waals surface area contributed by atoms with Crippen molar-refractivity contribution in [2.24, 2.45) is 0 Å². The van der Waals surface area contributed by atoms with E-state index in [2.05, 4.69) is 10.4 Å². The van der Waals surface area contributed by atoms with Crippen molar-refractivity contribution in [3.8, 4) is 0 Å². The van der Waals surface area contributed by atoms with Crippen LogP contribution >= 0.6 is 11.6 Å². The quantitative estimate of drug-likeness (QED) is 0.902. The Morgan fingerprint density at radius 1 is 1.30 bits per heavy atom. The van der Waals surface area contributed by atoms with Gasteiger partial charge < -0.3 is 5.32 Å². The van der Waals surface area contributed by atoms with E-state index in [1.165, 1.54) is 31.4 Å². The Labute approximate surface area is 139 Å². The van der Waals surface area contributed by atoms with Crippen molar-refractivity contribution in [3.05, 3.63) is 46.9 Å². The maximum atomic E-state index is 13.8. The smallest absolute Gasteiger partial charge is 0.230 e. The number of carbonyl (C=O) groups excluding carboxylic acids is 1. The molecule has 0 spiro atoms. The van der Waals surface area contributed by atoms with Crippen molar-refractivity contribution in [2.75, 3.05) is 5.32 Å². The molecule has 1 N–H and O–H groups in total. The number of halogens is 2. The summed E-state index contributed by atoms with van der Waals surface area (Å²) in [6.07, 6.45) is 7.35. The molecule has 0 bridgehead atoms. The molecule has 0 aliphatic heterocycles. The van der Waals surface area contributed by atoms with Crippen molar-refractivity contribution in [1.29, 1.82) is 0 Å². The lowest BCUT2D eigenvalue weighted by atomic mass is 9.96. The molecule has 3 rings (SSSR count). The molecule has 1 aliphatic rings. The first kappa shape index (κ1) is 16.0. The number of benzene rings is 1. The molecule has 1 aromatic heterocycles. The summed E-state index contributed by atoms with van der Waals surface area (Å²) < 4.78 is 15.7. The zero-order valence-corrected chi connectivity index (χ0v) is 13.5. The summed E-state index contributed by atoms with van der Waals surface area (Å²) in [7, 11) is 0. The first-order valence-electron chi connectivity index (χ1n) is 7.91. The highest BCUT2D eigenvalue weighted by molar-refractivity contribution is 6.31.